The van der Waals surface area contributed by atoms with E-state index in [1.807, 2.05) is 24.4 Å². The standard InChI is InChI=1S/C23H26N6O/c1-23(8-6-14-2-3-15-4-5-20(24)28-18(15)10-14)12-16(11-19(23)30)29-9-7-17-21(25)26-13-27-22(17)29/h2-5,7,9-10,13,16,19,30H,6,8,11-12H2,1H3,(H2,24,28)(H2,25,26,27)/t16?,19-,23-/m0/s1. The Bertz CT molecular complexity index is 1240. The molecule has 1 aliphatic carbocycles. The molecule has 1 aromatic carbocycles. The first-order valence-corrected chi connectivity index (χ1v) is 10.3. The second-order valence-electron chi connectivity index (χ2n) is 8.75. The number of aryl methyl sites for hydroxylation is 1. The van der Waals surface area contributed by atoms with Crippen LogP contribution in [0, 0.1) is 5.41 Å². The van der Waals surface area contributed by atoms with Crippen molar-refractivity contribution >= 4 is 33.6 Å². The van der Waals surface area contributed by atoms with E-state index in [1.54, 1.807) is 0 Å². The minimum atomic E-state index is -0.367. The van der Waals surface area contributed by atoms with Crippen molar-refractivity contribution in [3.05, 3.63) is 54.5 Å². The van der Waals surface area contributed by atoms with Crippen LogP contribution < -0.4 is 11.5 Å². The predicted molar refractivity (Wildman–Crippen MR) is 119 cm³/mol. The normalized spacial score (nSPS) is 24.1. The number of pyridine rings is 1. The molecule has 30 heavy (non-hydrogen) atoms. The molecule has 5 rings (SSSR count). The van der Waals surface area contributed by atoms with E-state index < -0.39 is 0 Å². The zero-order valence-electron chi connectivity index (χ0n) is 17.0. The van der Waals surface area contributed by atoms with E-state index in [-0.39, 0.29) is 17.6 Å². The van der Waals surface area contributed by atoms with Crippen LogP contribution in [0.4, 0.5) is 11.6 Å². The van der Waals surface area contributed by atoms with Gasteiger partial charge < -0.3 is 21.1 Å². The van der Waals surface area contributed by atoms with Crippen molar-refractivity contribution in [3.63, 3.8) is 0 Å². The number of rotatable bonds is 4. The summed E-state index contributed by atoms with van der Waals surface area (Å²) < 4.78 is 2.14. The number of hydrogen-bond acceptors (Lipinski definition) is 6. The number of nitrogens with zero attached hydrogens (tertiary/aromatic N) is 4. The molecule has 5 N–H and O–H groups in total. The number of nitrogens with two attached hydrogens (primary N) is 2. The van der Waals surface area contributed by atoms with Crippen molar-refractivity contribution in [1.29, 1.82) is 0 Å². The molecule has 3 heterocycles. The molecule has 0 bridgehead atoms. The number of aliphatic hydroxyl groups excluding tert-OH is 1. The molecule has 4 aromatic rings. The average Bonchev–Trinajstić information content (AvgIpc) is 3.28. The summed E-state index contributed by atoms with van der Waals surface area (Å²) in [5.74, 6) is 1.02. The Hall–Kier alpha value is -3.19. The van der Waals surface area contributed by atoms with Crippen LogP contribution in [0.1, 0.15) is 37.8 Å². The summed E-state index contributed by atoms with van der Waals surface area (Å²) >= 11 is 0. The summed E-state index contributed by atoms with van der Waals surface area (Å²) in [7, 11) is 0. The average molecular weight is 403 g/mol. The van der Waals surface area contributed by atoms with Crippen LogP contribution in [0.5, 0.6) is 0 Å². The highest BCUT2D eigenvalue weighted by atomic mass is 16.3. The van der Waals surface area contributed by atoms with Crippen LogP contribution in [0.3, 0.4) is 0 Å². The van der Waals surface area contributed by atoms with Crippen molar-refractivity contribution < 1.29 is 5.11 Å². The lowest BCUT2D eigenvalue weighted by Crippen LogP contribution is -2.26. The summed E-state index contributed by atoms with van der Waals surface area (Å²) in [6.07, 6.45) is 6.52. The third-order valence-electron chi connectivity index (χ3n) is 6.70. The first kappa shape index (κ1) is 18.8. The topological polar surface area (TPSA) is 116 Å². The highest BCUT2D eigenvalue weighted by molar-refractivity contribution is 5.86. The largest absolute Gasteiger partial charge is 0.392 e. The monoisotopic (exact) mass is 402 g/mol. The fourth-order valence-corrected chi connectivity index (χ4v) is 4.83. The maximum absolute atomic E-state index is 10.9. The zero-order chi connectivity index (χ0) is 20.9. The van der Waals surface area contributed by atoms with Crippen LogP contribution in [0.25, 0.3) is 21.9 Å². The highest BCUT2D eigenvalue weighted by Crippen LogP contribution is 2.48. The van der Waals surface area contributed by atoms with Gasteiger partial charge in [-0.2, -0.15) is 0 Å². The molecule has 3 aromatic heterocycles. The van der Waals surface area contributed by atoms with E-state index in [0.29, 0.717) is 18.1 Å². The number of anilines is 2. The van der Waals surface area contributed by atoms with Gasteiger partial charge in [0.15, 0.2) is 0 Å². The number of aliphatic hydroxyl groups is 1. The number of fused-ring (bicyclic) bond motifs is 2. The van der Waals surface area contributed by atoms with Gasteiger partial charge in [0, 0.05) is 17.6 Å². The van der Waals surface area contributed by atoms with Gasteiger partial charge in [-0.3, -0.25) is 0 Å². The van der Waals surface area contributed by atoms with Gasteiger partial charge in [0.25, 0.3) is 0 Å². The summed E-state index contributed by atoms with van der Waals surface area (Å²) in [6.45, 7) is 2.18. The van der Waals surface area contributed by atoms with Crippen LogP contribution in [-0.2, 0) is 6.42 Å². The Morgan fingerprint density at radius 2 is 2.00 bits per heavy atom. The minimum absolute atomic E-state index is 0.169. The summed E-state index contributed by atoms with van der Waals surface area (Å²) in [5.41, 5.74) is 14.6. The van der Waals surface area contributed by atoms with E-state index in [9.17, 15) is 5.11 Å². The van der Waals surface area contributed by atoms with E-state index in [1.165, 1.54) is 11.9 Å². The molecule has 0 saturated heterocycles. The second kappa shape index (κ2) is 6.95. The van der Waals surface area contributed by atoms with E-state index >= 15 is 0 Å². The SMILES string of the molecule is C[C@]1(CCc2ccc3ccc(N)nc3c2)CC(n2ccc3c(N)ncnc32)C[C@@H]1O. The van der Waals surface area contributed by atoms with Crippen molar-refractivity contribution in [1.82, 2.24) is 19.5 Å². The molecular weight excluding hydrogens is 376 g/mol. The van der Waals surface area contributed by atoms with Gasteiger partial charge in [-0.25, -0.2) is 15.0 Å². The molecule has 0 amide bonds. The molecule has 1 fully saturated rings. The molecule has 0 aliphatic heterocycles. The van der Waals surface area contributed by atoms with Gasteiger partial charge in [0.1, 0.15) is 23.6 Å². The lowest BCUT2D eigenvalue weighted by molar-refractivity contribution is 0.0599. The fourth-order valence-electron chi connectivity index (χ4n) is 4.83. The van der Waals surface area contributed by atoms with E-state index in [2.05, 4.69) is 44.6 Å². The van der Waals surface area contributed by atoms with Gasteiger partial charge in [0.2, 0.25) is 0 Å². The van der Waals surface area contributed by atoms with Gasteiger partial charge in [0.05, 0.1) is 17.0 Å². The number of benzene rings is 1. The molecule has 1 unspecified atom stereocenters. The van der Waals surface area contributed by atoms with Crippen LogP contribution >= 0.6 is 0 Å². The van der Waals surface area contributed by atoms with E-state index in [4.69, 9.17) is 11.5 Å². The Kier molecular flexibility index (Phi) is 4.36. The van der Waals surface area contributed by atoms with Gasteiger partial charge in [-0.05, 0) is 60.9 Å². The molecule has 0 spiro atoms. The van der Waals surface area contributed by atoms with Gasteiger partial charge in [-0.15, -0.1) is 0 Å². The third kappa shape index (κ3) is 3.15. The molecule has 0 radical (unpaired) electrons. The predicted octanol–water partition coefficient (Wildman–Crippen LogP) is 3.48. The van der Waals surface area contributed by atoms with E-state index in [0.717, 1.165) is 41.2 Å². The lowest BCUT2D eigenvalue weighted by atomic mass is 9.80. The highest BCUT2D eigenvalue weighted by Gasteiger charge is 2.43. The third-order valence-corrected chi connectivity index (χ3v) is 6.70. The maximum atomic E-state index is 10.9. The maximum Gasteiger partial charge on any atom is 0.145 e. The Morgan fingerprint density at radius 1 is 1.17 bits per heavy atom. The number of aromatic nitrogens is 4. The lowest BCUT2D eigenvalue weighted by Gasteiger charge is -2.28. The van der Waals surface area contributed by atoms with Gasteiger partial charge >= 0.3 is 0 Å². The molecule has 1 saturated carbocycles. The molecule has 154 valence electrons. The number of nitrogen functional groups attached to an aromatic ring is 2. The Morgan fingerprint density at radius 3 is 2.87 bits per heavy atom. The zero-order valence-corrected chi connectivity index (χ0v) is 17.0. The second-order valence-corrected chi connectivity index (χ2v) is 8.75. The minimum Gasteiger partial charge on any atom is -0.392 e. The smallest absolute Gasteiger partial charge is 0.145 e. The van der Waals surface area contributed by atoms with Crippen molar-refractivity contribution in [2.45, 2.75) is 44.8 Å². The van der Waals surface area contributed by atoms with Gasteiger partial charge in [-0.1, -0.05) is 19.1 Å². The fraction of sp³-hybridized carbons (Fsp3) is 0.348. The molecule has 3 atom stereocenters. The summed E-state index contributed by atoms with van der Waals surface area (Å²) in [6, 6.07) is 12.3. The Balaban J connectivity index is 1.35. The van der Waals surface area contributed by atoms with Crippen LogP contribution in [-0.4, -0.2) is 30.7 Å². The quantitative estimate of drug-likeness (QED) is 0.481. The molecule has 7 heteroatoms. The van der Waals surface area contributed by atoms with Crippen molar-refractivity contribution in [2.24, 2.45) is 5.41 Å². The molecule has 7 nitrogen and oxygen atoms in total. The summed E-state index contributed by atoms with van der Waals surface area (Å²) in [5, 5.41) is 12.9. The van der Waals surface area contributed by atoms with Crippen molar-refractivity contribution in [2.75, 3.05) is 11.5 Å². The molecule has 1 aliphatic rings. The summed E-state index contributed by atoms with van der Waals surface area (Å²) in [4.78, 5) is 12.9. The first-order valence-electron chi connectivity index (χ1n) is 10.3. The first-order chi connectivity index (χ1) is 14.4. The van der Waals surface area contributed by atoms with Crippen LogP contribution in [0.2, 0.25) is 0 Å². The molecular formula is C23H26N6O. The van der Waals surface area contributed by atoms with Crippen molar-refractivity contribution in [3.8, 4) is 0 Å². The van der Waals surface area contributed by atoms with Crippen LogP contribution in [0.15, 0.2) is 48.9 Å². The number of hydrogen-bond donors (Lipinski definition) is 3. The Labute approximate surface area is 174 Å².